The molecule has 0 fully saturated rings. The quantitative estimate of drug-likeness (QED) is 0.607. The molecule has 164 valence electrons. The Morgan fingerprint density at radius 1 is 1.16 bits per heavy atom. The van der Waals surface area contributed by atoms with Crippen LogP contribution in [0.2, 0.25) is 0 Å². The molecule has 0 radical (unpaired) electrons. The molecule has 0 saturated heterocycles. The Morgan fingerprint density at radius 3 is 2.72 bits per heavy atom. The molecule has 2 N–H and O–H groups in total. The number of ether oxygens (including phenoxy) is 1. The number of nitrogens with zero attached hydrogens (tertiary/aromatic N) is 1. The Morgan fingerprint density at radius 2 is 1.97 bits per heavy atom. The van der Waals surface area contributed by atoms with Crippen molar-refractivity contribution in [3.63, 3.8) is 0 Å². The molecule has 1 atom stereocenters. The van der Waals surface area contributed by atoms with E-state index in [2.05, 4.69) is 10.6 Å². The first-order valence-corrected chi connectivity index (χ1v) is 10.4. The van der Waals surface area contributed by atoms with E-state index in [9.17, 15) is 14.4 Å². The summed E-state index contributed by atoms with van der Waals surface area (Å²) < 4.78 is 10.9. The SMILES string of the molecule is CNC(=O)NC(=O)[C@H](C)OC(=O)c1c2c(nc3ccccc13)/C(=C/c1ccco1)CCC2. The Bertz CT molecular complexity index is 1210. The average molecular weight is 433 g/mol. The standard InChI is InChI=1S/C24H23N3O5/c1-14(22(28)27-24(30)25-2)32-23(29)20-17-9-3-4-11-19(17)26-21-15(7-5-10-18(20)21)13-16-8-6-12-31-16/h3-4,6,8-9,11-14H,5,7,10H2,1-2H3,(H2,25,27,28,30)/b15-13+/t14-/m0/s1. The van der Waals surface area contributed by atoms with Gasteiger partial charge in [0, 0.05) is 12.4 Å². The molecular weight excluding hydrogens is 410 g/mol. The van der Waals surface area contributed by atoms with Crippen molar-refractivity contribution in [2.75, 3.05) is 7.05 Å². The number of nitrogens with one attached hydrogen (secondary N) is 2. The summed E-state index contributed by atoms with van der Waals surface area (Å²) in [5, 5.41) is 5.07. The van der Waals surface area contributed by atoms with Gasteiger partial charge in [-0.25, -0.2) is 14.6 Å². The number of allylic oxidation sites excluding steroid dienone is 1. The third kappa shape index (κ3) is 4.25. The van der Waals surface area contributed by atoms with Crippen molar-refractivity contribution in [3.8, 4) is 0 Å². The maximum Gasteiger partial charge on any atom is 0.339 e. The highest BCUT2D eigenvalue weighted by Gasteiger charge is 2.28. The first-order chi connectivity index (χ1) is 15.5. The van der Waals surface area contributed by atoms with Crippen LogP contribution in [0.5, 0.6) is 0 Å². The van der Waals surface area contributed by atoms with E-state index >= 15 is 0 Å². The number of fused-ring (bicyclic) bond motifs is 2. The van der Waals surface area contributed by atoms with E-state index < -0.39 is 24.0 Å². The predicted octanol–water partition coefficient (Wildman–Crippen LogP) is 3.71. The van der Waals surface area contributed by atoms with Gasteiger partial charge in [0.25, 0.3) is 5.91 Å². The van der Waals surface area contributed by atoms with Crippen LogP contribution in [0.3, 0.4) is 0 Å². The molecule has 2 heterocycles. The van der Waals surface area contributed by atoms with Gasteiger partial charge >= 0.3 is 12.0 Å². The minimum Gasteiger partial charge on any atom is -0.465 e. The van der Waals surface area contributed by atoms with Crippen LogP contribution in [-0.4, -0.2) is 36.0 Å². The van der Waals surface area contributed by atoms with Gasteiger partial charge in [-0.15, -0.1) is 0 Å². The van der Waals surface area contributed by atoms with Crippen molar-refractivity contribution in [1.82, 2.24) is 15.6 Å². The highest BCUT2D eigenvalue weighted by atomic mass is 16.5. The molecule has 0 spiro atoms. The number of hydrogen-bond donors (Lipinski definition) is 2. The van der Waals surface area contributed by atoms with E-state index in [0.717, 1.165) is 29.7 Å². The molecule has 3 amide bonds. The number of carbonyl (C=O) groups excluding carboxylic acids is 3. The summed E-state index contributed by atoms with van der Waals surface area (Å²) in [5.74, 6) is -0.617. The molecule has 2 aromatic heterocycles. The fourth-order valence-electron chi connectivity index (χ4n) is 3.80. The van der Waals surface area contributed by atoms with Gasteiger partial charge < -0.3 is 14.5 Å². The topological polar surface area (TPSA) is 111 Å². The van der Waals surface area contributed by atoms with E-state index in [1.807, 2.05) is 42.5 Å². The van der Waals surface area contributed by atoms with Gasteiger partial charge in [0.15, 0.2) is 6.10 Å². The minimum absolute atomic E-state index is 0.398. The Kier molecular flexibility index (Phi) is 6.02. The van der Waals surface area contributed by atoms with Crippen LogP contribution in [0.1, 0.15) is 47.1 Å². The summed E-state index contributed by atoms with van der Waals surface area (Å²) >= 11 is 0. The van der Waals surface area contributed by atoms with E-state index in [1.165, 1.54) is 14.0 Å². The molecule has 0 bridgehead atoms. The van der Waals surface area contributed by atoms with Crippen LogP contribution in [0.4, 0.5) is 4.79 Å². The van der Waals surface area contributed by atoms with Gasteiger partial charge in [-0.3, -0.25) is 10.1 Å². The monoisotopic (exact) mass is 433 g/mol. The summed E-state index contributed by atoms with van der Waals surface area (Å²) in [7, 11) is 1.39. The second-order valence-electron chi connectivity index (χ2n) is 7.49. The van der Waals surface area contributed by atoms with Crippen LogP contribution in [0.15, 0.2) is 47.1 Å². The van der Waals surface area contributed by atoms with Gasteiger partial charge in [-0.2, -0.15) is 0 Å². The van der Waals surface area contributed by atoms with Gasteiger partial charge in [-0.05, 0) is 61.6 Å². The largest absolute Gasteiger partial charge is 0.465 e. The smallest absolute Gasteiger partial charge is 0.339 e. The van der Waals surface area contributed by atoms with Gasteiger partial charge in [0.05, 0.1) is 23.0 Å². The van der Waals surface area contributed by atoms with E-state index in [0.29, 0.717) is 28.6 Å². The Hall–Kier alpha value is -3.94. The third-order valence-electron chi connectivity index (χ3n) is 5.35. The number of aromatic nitrogens is 1. The molecule has 1 aliphatic rings. The third-order valence-corrected chi connectivity index (χ3v) is 5.35. The first-order valence-electron chi connectivity index (χ1n) is 10.4. The lowest BCUT2D eigenvalue weighted by Crippen LogP contribution is -2.43. The number of esters is 1. The number of furan rings is 1. The van der Waals surface area contributed by atoms with Crippen molar-refractivity contribution < 1.29 is 23.5 Å². The summed E-state index contributed by atoms with van der Waals surface area (Å²) in [6.07, 6.45) is 4.70. The zero-order valence-corrected chi connectivity index (χ0v) is 17.8. The molecule has 8 heteroatoms. The van der Waals surface area contributed by atoms with Crippen molar-refractivity contribution >= 4 is 40.5 Å². The van der Waals surface area contributed by atoms with Gasteiger partial charge in [0.2, 0.25) is 0 Å². The minimum atomic E-state index is -1.15. The average Bonchev–Trinajstić information content (AvgIpc) is 3.30. The Labute approximate surface area is 184 Å². The molecule has 0 unspecified atom stereocenters. The summed E-state index contributed by atoms with van der Waals surface area (Å²) in [6.45, 7) is 1.42. The van der Waals surface area contributed by atoms with Gasteiger partial charge in [0.1, 0.15) is 5.76 Å². The number of para-hydroxylation sites is 1. The molecule has 0 aliphatic heterocycles. The van der Waals surface area contributed by atoms with E-state index in [4.69, 9.17) is 14.1 Å². The van der Waals surface area contributed by atoms with Crippen LogP contribution in [-0.2, 0) is 16.0 Å². The Balaban J connectivity index is 1.75. The number of urea groups is 1. The predicted molar refractivity (Wildman–Crippen MR) is 119 cm³/mol. The summed E-state index contributed by atoms with van der Waals surface area (Å²) in [4.78, 5) is 41.7. The van der Waals surface area contributed by atoms with Crippen LogP contribution in [0.25, 0.3) is 22.6 Å². The molecule has 8 nitrogen and oxygen atoms in total. The highest BCUT2D eigenvalue weighted by Crippen LogP contribution is 2.36. The second kappa shape index (κ2) is 9.05. The van der Waals surface area contributed by atoms with Crippen LogP contribution < -0.4 is 10.6 Å². The first kappa shape index (κ1) is 21.3. The molecule has 4 rings (SSSR count). The number of imide groups is 1. The lowest BCUT2D eigenvalue weighted by molar-refractivity contribution is -0.127. The number of rotatable bonds is 4. The molecule has 1 aromatic carbocycles. The van der Waals surface area contributed by atoms with Gasteiger partial charge in [-0.1, -0.05) is 18.2 Å². The normalized spacial score (nSPS) is 15.1. The number of pyridine rings is 1. The van der Waals surface area contributed by atoms with Crippen molar-refractivity contribution in [2.45, 2.75) is 32.3 Å². The fourth-order valence-corrected chi connectivity index (χ4v) is 3.80. The number of benzene rings is 1. The van der Waals surface area contributed by atoms with E-state index in [1.54, 1.807) is 6.26 Å². The van der Waals surface area contributed by atoms with Crippen molar-refractivity contribution in [1.29, 1.82) is 0 Å². The molecule has 32 heavy (non-hydrogen) atoms. The summed E-state index contributed by atoms with van der Waals surface area (Å²) in [5.41, 5.74) is 3.56. The van der Waals surface area contributed by atoms with Crippen molar-refractivity contribution in [2.24, 2.45) is 0 Å². The fraction of sp³-hybridized carbons (Fsp3) is 0.250. The van der Waals surface area contributed by atoms with Crippen LogP contribution in [0, 0.1) is 0 Å². The number of hydrogen-bond acceptors (Lipinski definition) is 6. The van der Waals surface area contributed by atoms with E-state index in [-0.39, 0.29) is 0 Å². The molecule has 0 saturated carbocycles. The highest BCUT2D eigenvalue weighted by molar-refractivity contribution is 6.07. The lowest BCUT2D eigenvalue weighted by Gasteiger charge is -2.23. The number of amides is 3. The summed E-state index contributed by atoms with van der Waals surface area (Å²) in [6, 6.07) is 10.4. The molecular formula is C24H23N3O5. The molecule has 1 aliphatic carbocycles. The van der Waals surface area contributed by atoms with Crippen LogP contribution >= 0.6 is 0 Å². The maximum absolute atomic E-state index is 13.3. The maximum atomic E-state index is 13.3. The van der Waals surface area contributed by atoms with Crippen molar-refractivity contribution in [3.05, 3.63) is 65.2 Å². The lowest BCUT2D eigenvalue weighted by atomic mass is 9.86. The number of carbonyl (C=O) groups is 3. The molecule has 3 aromatic rings. The zero-order valence-electron chi connectivity index (χ0n) is 17.8. The second-order valence-corrected chi connectivity index (χ2v) is 7.49. The zero-order chi connectivity index (χ0) is 22.7.